The van der Waals surface area contributed by atoms with E-state index in [-0.39, 0.29) is 32.9 Å². The third-order valence-electron chi connectivity index (χ3n) is 5.00. The molecule has 5 rings (SSSR count). The van der Waals surface area contributed by atoms with E-state index < -0.39 is 16.0 Å². The highest BCUT2D eigenvalue weighted by molar-refractivity contribution is 7.93. The first-order valence-electron chi connectivity index (χ1n) is 9.94. The fourth-order valence-electron chi connectivity index (χ4n) is 3.40. The topological polar surface area (TPSA) is 134 Å². The minimum Gasteiger partial charge on any atom is -0.465 e. The number of hydrogen-bond donors (Lipinski definition) is 1. The Bertz CT molecular complexity index is 1630. The van der Waals surface area contributed by atoms with Crippen molar-refractivity contribution in [2.45, 2.75) is 4.90 Å². The minimum absolute atomic E-state index is 0.00405. The molecule has 0 radical (unpaired) electrons. The molecule has 0 amide bonds. The molecule has 0 aliphatic heterocycles. The predicted molar refractivity (Wildman–Crippen MR) is 122 cm³/mol. The zero-order valence-corrected chi connectivity index (χ0v) is 18.4. The van der Waals surface area contributed by atoms with Crippen molar-refractivity contribution >= 4 is 43.6 Å². The van der Waals surface area contributed by atoms with Crippen molar-refractivity contribution in [2.24, 2.45) is 0 Å². The van der Waals surface area contributed by atoms with Crippen LogP contribution in [0.3, 0.4) is 0 Å². The summed E-state index contributed by atoms with van der Waals surface area (Å²) in [5.41, 5.74) is 1.32. The number of hydrogen-bond acceptors (Lipinski definition) is 9. The van der Waals surface area contributed by atoms with Crippen LogP contribution >= 0.6 is 0 Å². The van der Waals surface area contributed by atoms with Crippen LogP contribution in [0.5, 0.6) is 11.5 Å². The summed E-state index contributed by atoms with van der Waals surface area (Å²) in [4.78, 5) is 15.8. The van der Waals surface area contributed by atoms with Crippen molar-refractivity contribution < 1.29 is 27.3 Å². The Morgan fingerprint density at radius 3 is 2.41 bits per heavy atom. The van der Waals surface area contributed by atoms with Crippen LogP contribution in [-0.2, 0) is 14.8 Å². The monoisotopic (exact) mass is 476 g/mol. The van der Waals surface area contributed by atoms with E-state index in [1.807, 2.05) is 24.3 Å². The molecule has 0 spiro atoms. The number of aromatic nitrogens is 3. The minimum atomic E-state index is -4.07. The molecule has 0 bridgehead atoms. The van der Waals surface area contributed by atoms with Gasteiger partial charge in [0.2, 0.25) is 0 Å². The van der Waals surface area contributed by atoms with E-state index >= 15 is 0 Å². The predicted octanol–water partition coefficient (Wildman–Crippen LogP) is 4.15. The van der Waals surface area contributed by atoms with Crippen LogP contribution in [0.4, 0.5) is 5.69 Å². The van der Waals surface area contributed by atoms with Crippen molar-refractivity contribution in [2.75, 3.05) is 11.8 Å². The molecule has 1 N–H and O–H groups in total. The van der Waals surface area contributed by atoms with E-state index in [0.29, 0.717) is 11.3 Å². The number of rotatable bonds is 6. The molecule has 34 heavy (non-hydrogen) atoms. The van der Waals surface area contributed by atoms with Crippen LogP contribution in [0.25, 0.3) is 21.9 Å². The lowest BCUT2D eigenvalue weighted by Gasteiger charge is -2.11. The number of nitrogens with zero attached hydrogens (tertiary/aromatic N) is 3. The van der Waals surface area contributed by atoms with Gasteiger partial charge in [-0.05, 0) is 58.8 Å². The molecular weight excluding hydrogens is 460 g/mol. The first-order chi connectivity index (χ1) is 16.5. The largest absolute Gasteiger partial charge is 0.465 e. The molecule has 0 fully saturated rings. The van der Waals surface area contributed by atoms with Gasteiger partial charge in [0.05, 0.1) is 12.7 Å². The van der Waals surface area contributed by atoms with Crippen molar-refractivity contribution in [1.29, 1.82) is 0 Å². The summed E-state index contributed by atoms with van der Waals surface area (Å²) in [5.74, 6) is 0.208. The average molecular weight is 476 g/mol. The number of methoxy groups -OCH3 is 1. The van der Waals surface area contributed by atoms with Gasteiger partial charge in [0.25, 0.3) is 10.0 Å². The van der Waals surface area contributed by atoms with Crippen molar-refractivity contribution in [3.8, 4) is 11.5 Å². The van der Waals surface area contributed by atoms with Gasteiger partial charge in [0.1, 0.15) is 10.4 Å². The van der Waals surface area contributed by atoms with E-state index in [9.17, 15) is 13.2 Å². The number of esters is 1. The lowest BCUT2D eigenvalue weighted by molar-refractivity contribution is 0.0600. The van der Waals surface area contributed by atoms with Gasteiger partial charge in [0.15, 0.2) is 22.5 Å². The highest BCUT2D eigenvalue weighted by atomic mass is 32.2. The molecule has 170 valence electrons. The Morgan fingerprint density at radius 1 is 0.882 bits per heavy atom. The number of carbonyl (C=O) groups excluding carboxylic acids is 1. The van der Waals surface area contributed by atoms with Gasteiger partial charge in [0, 0.05) is 17.3 Å². The fourth-order valence-corrected chi connectivity index (χ4v) is 4.59. The van der Waals surface area contributed by atoms with Gasteiger partial charge in [-0.25, -0.2) is 17.8 Å². The molecule has 0 aliphatic rings. The number of pyridine rings is 1. The summed E-state index contributed by atoms with van der Waals surface area (Å²) in [7, 11) is -2.81. The quantitative estimate of drug-likeness (QED) is 0.359. The van der Waals surface area contributed by atoms with Gasteiger partial charge >= 0.3 is 5.97 Å². The molecule has 5 aromatic rings. The Kier molecular flexibility index (Phi) is 5.30. The normalized spacial score (nSPS) is 11.4. The molecule has 0 saturated carbocycles. The fraction of sp³-hybridized carbons (Fsp3) is 0.0435. The number of anilines is 1. The molecule has 2 heterocycles. The van der Waals surface area contributed by atoms with E-state index in [4.69, 9.17) is 9.37 Å². The lowest BCUT2D eigenvalue weighted by atomic mass is 10.2. The second-order valence-corrected chi connectivity index (χ2v) is 8.78. The third-order valence-corrected chi connectivity index (χ3v) is 6.42. The number of fused-ring (bicyclic) bond motifs is 2. The summed E-state index contributed by atoms with van der Waals surface area (Å²) in [6, 6.07) is 17.8. The Hall–Kier alpha value is -4.51. The van der Waals surface area contributed by atoms with Crippen LogP contribution in [0, 0.1) is 0 Å². The maximum absolute atomic E-state index is 13.1. The number of carbonyl (C=O) groups is 1. The van der Waals surface area contributed by atoms with E-state index in [1.165, 1.54) is 43.5 Å². The highest BCUT2D eigenvalue weighted by Gasteiger charge is 2.24. The maximum atomic E-state index is 13.1. The standard InChI is InChI=1S/C23H16N4O6S/c1-31-23(28)15-7-9-16(10-8-15)27-34(29,30)19-12-11-18(21-22(19)26-33-25-21)32-17-6-2-4-14-5-3-13-24-20(14)17/h2-13,27H,1H3. The van der Waals surface area contributed by atoms with Gasteiger partial charge < -0.3 is 9.47 Å². The zero-order valence-electron chi connectivity index (χ0n) is 17.6. The molecule has 0 saturated heterocycles. The van der Waals surface area contributed by atoms with Crippen molar-refractivity contribution in [1.82, 2.24) is 15.3 Å². The van der Waals surface area contributed by atoms with Crippen LogP contribution in [0.2, 0.25) is 0 Å². The van der Waals surface area contributed by atoms with Crippen LogP contribution in [0.1, 0.15) is 10.4 Å². The summed E-state index contributed by atoms with van der Waals surface area (Å²) >= 11 is 0. The van der Waals surface area contributed by atoms with E-state index in [0.717, 1.165) is 5.39 Å². The van der Waals surface area contributed by atoms with Gasteiger partial charge in [-0.2, -0.15) is 0 Å². The molecule has 3 aromatic carbocycles. The second kappa shape index (κ2) is 8.45. The lowest BCUT2D eigenvalue weighted by Crippen LogP contribution is -2.14. The third kappa shape index (κ3) is 3.88. The Labute approximate surface area is 193 Å². The number of benzene rings is 3. The Morgan fingerprint density at radius 2 is 1.62 bits per heavy atom. The summed E-state index contributed by atoms with van der Waals surface area (Å²) < 4.78 is 44.1. The van der Waals surface area contributed by atoms with E-state index in [2.05, 4.69) is 24.8 Å². The van der Waals surface area contributed by atoms with Gasteiger partial charge in [-0.3, -0.25) is 9.71 Å². The second-order valence-electron chi connectivity index (χ2n) is 7.13. The van der Waals surface area contributed by atoms with Gasteiger partial charge in [-0.15, -0.1) is 0 Å². The first-order valence-corrected chi connectivity index (χ1v) is 11.4. The van der Waals surface area contributed by atoms with Crippen LogP contribution in [-0.4, -0.2) is 36.8 Å². The SMILES string of the molecule is COC(=O)c1ccc(NS(=O)(=O)c2ccc(Oc3cccc4cccnc34)c3nonc23)cc1. The molecule has 11 heteroatoms. The number of ether oxygens (including phenoxy) is 2. The molecule has 2 aromatic heterocycles. The van der Waals surface area contributed by atoms with Gasteiger partial charge in [-0.1, -0.05) is 18.2 Å². The number of para-hydroxylation sites is 1. The van der Waals surface area contributed by atoms with Crippen molar-refractivity contribution in [3.63, 3.8) is 0 Å². The zero-order chi connectivity index (χ0) is 23.7. The van der Waals surface area contributed by atoms with Crippen LogP contribution < -0.4 is 9.46 Å². The Balaban J connectivity index is 1.48. The van der Waals surface area contributed by atoms with E-state index in [1.54, 1.807) is 12.3 Å². The molecular formula is C23H16N4O6S. The summed E-state index contributed by atoms with van der Waals surface area (Å²) in [5, 5.41) is 8.50. The maximum Gasteiger partial charge on any atom is 0.337 e. The van der Waals surface area contributed by atoms with Crippen molar-refractivity contribution in [3.05, 3.63) is 78.5 Å². The number of nitrogens with one attached hydrogen (secondary N) is 1. The first kappa shape index (κ1) is 21.3. The number of sulfonamides is 1. The molecule has 0 aliphatic carbocycles. The average Bonchev–Trinajstić information content (AvgIpc) is 3.34. The smallest absolute Gasteiger partial charge is 0.337 e. The molecule has 10 nitrogen and oxygen atoms in total. The molecule has 0 unspecified atom stereocenters. The van der Waals surface area contributed by atoms with Crippen LogP contribution in [0.15, 0.2) is 82.5 Å². The summed E-state index contributed by atoms with van der Waals surface area (Å²) in [6.07, 6.45) is 1.65. The summed E-state index contributed by atoms with van der Waals surface area (Å²) in [6.45, 7) is 0. The molecule has 0 atom stereocenters. The highest BCUT2D eigenvalue weighted by Crippen LogP contribution is 2.34.